The molecule has 0 saturated heterocycles. The van der Waals surface area contributed by atoms with Gasteiger partial charge in [-0.1, -0.05) is 6.07 Å². The van der Waals surface area contributed by atoms with Crippen LogP contribution in [-0.4, -0.2) is 4.92 Å². The van der Waals surface area contributed by atoms with Crippen molar-refractivity contribution < 1.29 is 31.6 Å². The Morgan fingerprint density at radius 1 is 0.833 bits per heavy atom. The maximum Gasteiger partial charge on any atom is 0.291 e. The highest BCUT2D eigenvalue weighted by atomic mass is 19.2. The molecule has 0 aromatic heterocycles. The van der Waals surface area contributed by atoms with Crippen molar-refractivity contribution in [3.05, 3.63) is 105 Å². The molecule has 9 heteroatoms. The molecule has 4 rings (SSSR count). The zero-order chi connectivity index (χ0) is 21.6. The summed E-state index contributed by atoms with van der Waals surface area (Å²) in [4.78, 5) is 10.7. The van der Waals surface area contributed by atoms with Gasteiger partial charge in [0.2, 0.25) is 6.10 Å². The van der Waals surface area contributed by atoms with Crippen LogP contribution in [0.25, 0.3) is 17.2 Å². The Morgan fingerprint density at radius 2 is 1.57 bits per heavy atom. The van der Waals surface area contributed by atoms with Crippen LogP contribution in [0, 0.1) is 39.2 Å². The zero-order valence-corrected chi connectivity index (χ0v) is 14.8. The van der Waals surface area contributed by atoms with Crippen molar-refractivity contribution in [2.75, 3.05) is 0 Å². The number of hydrogen-bond donors (Lipinski definition) is 0. The van der Waals surface area contributed by atoms with E-state index in [4.69, 9.17) is 4.74 Å². The van der Waals surface area contributed by atoms with E-state index in [1.165, 1.54) is 24.3 Å². The van der Waals surface area contributed by atoms with Gasteiger partial charge in [0.25, 0.3) is 5.70 Å². The minimum atomic E-state index is -1.63. The second-order valence-corrected chi connectivity index (χ2v) is 6.49. The summed E-state index contributed by atoms with van der Waals surface area (Å²) >= 11 is 0. The third kappa shape index (κ3) is 3.38. The molecule has 1 aliphatic heterocycles. The summed E-state index contributed by atoms with van der Waals surface area (Å²) in [5, 5.41) is 11.5. The van der Waals surface area contributed by atoms with E-state index in [2.05, 4.69) is 0 Å². The molecular formula is C21H10F5NO3. The quantitative estimate of drug-likeness (QED) is 0.233. The molecule has 0 fully saturated rings. The zero-order valence-electron chi connectivity index (χ0n) is 14.8. The van der Waals surface area contributed by atoms with Gasteiger partial charge in [0.05, 0.1) is 4.92 Å². The van der Waals surface area contributed by atoms with E-state index < -0.39 is 51.4 Å². The Balaban J connectivity index is 1.81. The largest absolute Gasteiger partial charge is 0.474 e. The standard InChI is InChI=1S/C21H10F5NO3/c22-12-2-3-13(15(23)7-12)10-1-4-20-11(5-10)6-19(27(28)29)21(30-20)14-8-17(25)18(26)9-16(14)24/h1-9,21H. The highest BCUT2D eigenvalue weighted by molar-refractivity contribution is 5.72. The minimum Gasteiger partial charge on any atom is -0.474 e. The first-order chi connectivity index (χ1) is 14.2. The first-order valence-electron chi connectivity index (χ1n) is 8.51. The van der Waals surface area contributed by atoms with Crippen LogP contribution in [0.15, 0.2) is 54.2 Å². The minimum absolute atomic E-state index is 0.0593. The SMILES string of the molecule is O=[N+]([O-])C1=Cc2cc(-c3ccc(F)cc3F)ccc2OC1c1cc(F)c(F)cc1F. The van der Waals surface area contributed by atoms with Gasteiger partial charge in [-0.05, 0) is 35.9 Å². The molecule has 1 unspecified atom stereocenters. The van der Waals surface area contributed by atoms with Crippen molar-refractivity contribution in [2.45, 2.75) is 6.10 Å². The molecular weight excluding hydrogens is 409 g/mol. The highest BCUT2D eigenvalue weighted by Crippen LogP contribution is 2.40. The Bertz CT molecular complexity index is 1230. The Labute approximate surface area is 166 Å². The second-order valence-electron chi connectivity index (χ2n) is 6.49. The van der Waals surface area contributed by atoms with E-state index in [0.29, 0.717) is 17.7 Å². The Kier molecular flexibility index (Phi) is 4.73. The molecule has 4 nitrogen and oxygen atoms in total. The highest BCUT2D eigenvalue weighted by Gasteiger charge is 2.36. The first kappa shape index (κ1) is 19.6. The summed E-state index contributed by atoms with van der Waals surface area (Å²) in [6.45, 7) is 0. The van der Waals surface area contributed by atoms with Gasteiger partial charge in [-0.2, -0.15) is 0 Å². The number of halogens is 5. The number of benzene rings is 3. The van der Waals surface area contributed by atoms with Crippen molar-refractivity contribution in [3.8, 4) is 16.9 Å². The van der Waals surface area contributed by atoms with E-state index in [1.54, 1.807) is 0 Å². The van der Waals surface area contributed by atoms with Gasteiger partial charge >= 0.3 is 0 Å². The van der Waals surface area contributed by atoms with Gasteiger partial charge in [-0.15, -0.1) is 0 Å². The average Bonchev–Trinajstić information content (AvgIpc) is 2.69. The topological polar surface area (TPSA) is 52.4 Å². The lowest BCUT2D eigenvalue weighted by molar-refractivity contribution is -0.434. The number of rotatable bonds is 3. The van der Waals surface area contributed by atoms with E-state index in [0.717, 1.165) is 12.1 Å². The van der Waals surface area contributed by atoms with Gasteiger partial charge in [0.1, 0.15) is 23.2 Å². The van der Waals surface area contributed by atoms with Crippen LogP contribution in [-0.2, 0) is 0 Å². The number of hydrogen-bond acceptors (Lipinski definition) is 3. The molecule has 3 aromatic rings. The molecule has 1 heterocycles. The number of nitro groups is 1. The normalized spacial score (nSPS) is 15.2. The van der Waals surface area contributed by atoms with Crippen molar-refractivity contribution in [1.82, 2.24) is 0 Å². The maximum absolute atomic E-state index is 14.2. The molecule has 0 aliphatic carbocycles. The summed E-state index contributed by atoms with van der Waals surface area (Å²) in [6, 6.07) is 7.94. The third-order valence-corrected chi connectivity index (χ3v) is 4.60. The van der Waals surface area contributed by atoms with Crippen LogP contribution in [0.3, 0.4) is 0 Å². The fourth-order valence-corrected chi connectivity index (χ4v) is 3.19. The average molecular weight is 419 g/mol. The molecule has 0 saturated carbocycles. The van der Waals surface area contributed by atoms with Crippen LogP contribution < -0.4 is 4.74 Å². The molecule has 0 amide bonds. The fourth-order valence-electron chi connectivity index (χ4n) is 3.19. The van der Waals surface area contributed by atoms with E-state index in [-0.39, 0.29) is 22.9 Å². The summed E-state index contributed by atoms with van der Waals surface area (Å²) in [7, 11) is 0. The first-order valence-corrected chi connectivity index (χ1v) is 8.51. The number of fused-ring (bicyclic) bond motifs is 1. The fraction of sp³-hybridized carbons (Fsp3) is 0.0476. The summed E-state index contributed by atoms with van der Waals surface area (Å²) in [5.41, 5.74) is -0.627. The summed E-state index contributed by atoms with van der Waals surface area (Å²) in [6.07, 6.45) is -0.550. The number of nitrogens with zero attached hydrogens (tertiary/aromatic N) is 1. The molecule has 1 atom stereocenters. The number of ether oxygens (including phenoxy) is 1. The molecule has 152 valence electrons. The van der Waals surface area contributed by atoms with E-state index in [1.807, 2.05) is 0 Å². The van der Waals surface area contributed by atoms with Crippen molar-refractivity contribution in [3.63, 3.8) is 0 Å². The van der Waals surface area contributed by atoms with Crippen LogP contribution in [0.5, 0.6) is 5.75 Å². The van der Waals surface area contributed by atoms with Crippen LogP contribution in [0.4, 0.5) is 22.0 Å². The lowest BCUT2D eigenvalue weighted by Gasteiger charge is -2.23. The van der Waals surface area contributed by atoms with Crippen molar-refractivity contribution >= 4 is 6.08 Å². The molecule has 0 radical (unpaired) electrons. The maximum atomic E-state index is 14.2. The van der Waals surface area contributed by atoms with Crippen molar-refractivity contribution in [1.29, 1.82) is 0 Å². The third-order valence-electron chi connectivity index (χ3n) is 4.60. The molecule has 3 aromatic carbocycles. The Morgan fingerprint density at radius 3 is 2.27 bits per heavy atom. The monoisotopic (exact) mass is 419 g/mol. The molecule has 0 spiro atoms. The van der Waals surface area contributed by atoms with Gasteiger partial charge < -0.3 is 4.74 Å². The van der Waals surface area contributed by atoms with Crippen LogP contribution in [0.2, 0.25) is 0 Å². The molecule has 30 heavy (non-hydrogen) atoms. The van der Waals surface area contributed by atoms with Crippen molar-refractivity contribution in [2.24, 2.45) is 0 Å². The molecule has 1 aliphatic rings. The lowest BCUT2D eigenvalue weighted by Crippen LogP contribution is -2.21. The van der Waals surface area contributed by atoms with E-state index >= 15 is 0 Å². The smallest absolute Gasteiger partial charge is 0.291 e. The molecule has 0 bridgehead atoms. The predicted octanol–water partition coefficient (Wildman–Crippen LogP) is 5.80. The van der Waals surface area contributed by atoms with E-state index in [9.17, 15) is 32.1 Å². The molecule has 0 N–H and O–H groups in total. The second kappa shape index (κ2) is 7.25. The van der Waals surface area contributed by atoms with Gasteiger partial charge in [0.15, 0.2) is 11.6 Å². The van der Waals surface area contributed by atoms with Gasteiger partial charge in [0, 0.05) is 34.9 Å². The predicted molar refractivity (Wildman–Crippen MR) is 96.5 cm³/mol. The van der Waals surface area contributed by atoms with Crippen LogP contribution in [0.1, 0.15) is 17.2 Å². The Hall–Kier alpha value is -3.75. The van der Waals surface area contributed by atoms with Gasteiger partial charge in [-0.25, -0.2) is 22.0 Å². The lowest BCUT2D eigenvalue weighted by atomic mass is 9.97. The summed E-state index contributed by atoms with van der Waals surface area (Å²) in [5.74, 6) is -5.53. The van der Waals surface area contributed by atoms with Gasteiger partial charge in [-0.3, -0.25) is 10.1 Å². The van der Waals surface area contributed by atoms with Crippen LogP contribution >= 0.6 is 0 Å². The summed E-state index contributed by atoms with van der Waals surface area (Å²) < 4.78 is 73.7.